The third-order valence-corrected chi connectivity index (χ3v) is 4.19. The van der Waals surface area contributed by atoms with E-state index in [1.807, 2.05) is 13.8 Å². The zero-order chi connectivity index (χ0) is 21.6. The van der Waals surface area contributed by atoms with Crippen molar-refractivity contribution in [2.75, 3.05) is 30.3 Å². The van der Waals surface area contributed by atoms with Gasteiger partial charge in [0.2, 0.25) is 5.91 Å². The summed E-state index contributed by atoms with van der Waals surface area (Å²) in [4.78, 5) is 25.9. The number of nitrogens with zero attached hydrogens (tertiary/aromatic N) is 1. The van der Waals surface area contributed by atoms with Gasteiger partial charge in [-0.2, -0.15) is 13.2 Å². The van der Waals surface area contributed by atoms with E-state index in [-0.39, 0.29) is 18.1 Å². The van der Waals surface area contributed by atoms with Gasteiger partial charge in [0, 0.05) is 30.0 Å². The molecule has 0 heterocycles. The molecule has 9 heteroatoms. The molecule has 29 heavy (non-hydrogen) atoms. The highest BCUT2D eigenvalue weighted by atomic mass is 19.4. The number of amides is 2. The molecule has 2 N–H and O–H groups in total. The maximum atomic E-state index is 13.3. The maximum absolute atomic E-state index is 13.3. The summed E-state index contributed by atoms with van der Waals surface area (Å²) in [7, 11) is 0. The number of alkyl halides is 3. The average molecular weight is 411 g/mol. The molecule has 156 valence electrons. The number of rotatable bonds is 7. The number of halogens is 4. The molecule has 0 aliphatic rings. The third-order valence-electron chi connectivity index (χ3n) is 4.19. The number of hydrogen-bond acceptors (Lipinski definition) is 3. The van der Waals surface area contributed by atoms with Gasteiger partial charge in [-0.3, -0.25) is 9.59 Å². The molecule has 0 aliphatic heterocycles. The van der Waals surface area contributed by atoms with E-state index in [0.29, 0.717) is 36.5 Å². The second kappa shape index (κ2) is 9.40. The first kappa shape index (κ1) is 22.2. The molecule has 0 aromatic heterocycles. The van der Waals surface area contributed by atoms with E-state index < -0.39 is 23.5 Å². The lowest BCUT2D eigenvalue weighted by Gasteiger charge is -2.18. The minimum absolute atomic E-state index is 0.0333. The third kappa shape index (κ3) is 5.94. The van der Waals surface area contributed by atoms with Crippen LogP contribution in [0.5, 0.6) is 0 Å². The molecular formula is C20H21F4N3O2. The number of nitrogens with one attached hydrogen (secondary N) is 2. The van der Waals surface area contributed by atoms with Gasteiger partial charge in [-0.25, -0.2) is 4.39 Å². The van der Waals surface area contributed by atoms with Crippen molar-refractivity contribution in [1.82, 2.24) is 4.90 Å². The van der Waals surface area contributed by atoms with Crippen LogP contribution in [0.3, 0.4) is 0 Å². The van der Waals surface area contributed by atoms with E-state index in [9.17, 15) is 27.2 Å². The van der Waals surface area contributed by atoms with E-state index in [4.69, 9.17) is 0 Å². The van der Waals surface area contributed by atoms with Crippen molar-refractivity contribution in [2.45, 2.75) is 20.0 Å². The summed E-state index contributed by atoms with van der Waals surface area (Å²) < 4.78 is 51.5. The van der Waals surface area contributed by atoms with E-state index in [1.54, 1.807) is 29.2 Å². The lowest BCUT2D eigenvalue weighted by Crippen LogP contribution is -2.30. The first-order valence-corrected chi connectivity index (χ1v) is 8.95. The van der Waals surface area contributed by atoms with Gasteiger partial charge in [0.05, 0.1) is 12.1 Å². The van der Waals surface area contributed by atoms with Crippen LogP contribution in [0.4, 0.5) is 28.9 Å². The number of anilines is 2. The Hall–Kier alpha value is -3.10. The molecular weight excluding hydrogens is 390 g/mol. The highest BCUT2D eigenvalue weighted by Gasteiger charge is 2.34. The van der Waals surface area contributed by atoms with Crippen LogP contribution in [0.2, 0.25) is 0 Å². The van der Waals surface area contributed by atoms with Gasteiger partial charge in [-0.05, 0) is 56.3 Å². The Bertz CT molecular complexity index is 863. The SMILES string of the molecule is CCN(CC)C(=O)c1ccc(NC(=O)CNc2ccc(F)c(C(F)(F)F)c2)cc1. The second-order valence-electron chi connectivity index (χ2n) is 6.15. The number of carbonyl (C=O) groups excluding carboxylic acids is 2. The molecule has 0 radical (unpaired) electrons. The minimum atomic E-state index is -4.83. The predicted molar refractivity (Wildman–Crippen MR) is 102 cm³/mol. The zero-order valence-electron chi connectivity index (χ0n) is 15.9. The van der Waals surface area contributed by atoms with Crippen molar-refractivity contribution in [3.8, 4) is 0 Å². The molecule has 0 unspecified atom stereocenters. The standard InChI is InChI=1S/C20H21F4N3O2/c1-3-27(4-2)19(29)13-5-7-14(8-6-13)26-18(28)12-25-15-9-10-17(21)16(11-15)20(22,23)24/h5-11,25H,3-4,12H2,1-2H3,(H,26,28). The second-order valence-corrected chi connectivity index (χ2v) is 6.15. The van der Waals surface area contributed by atoms with E-state index in [1.165, 1.54) is 0 Å². The fraction of sp³-hybridized carbons (Fsp3) is 0.300. The van der Waals surface area contributed by atoms with Crippen LogP contribution < -0.4 is 10.6 Å². The van der Waals surface area contributed by atoms with Gasteiger partial charge < -0.3 is 15.5 Å². The normalized spacial score (nSPS) is 11.1. The molecule has 2 aromatic carbocycles. The van der Waals surface area contributed by atoms with Crippen molar-refractivity contribution in [1.29, 1.82) is 0 Å². The molecule has 0 fully saturated rings. The Balaban J connectivity index is 1.95. The fourth-order valence-electron chi connectivity index (χ4n) is 2.63. The van der Waals surface area contributed by atoms with E-state index in [2.05, 4.69) is 10.6 Å². The first-order valence-electron chi connectivity index (χ1n) is 8.95. The van der Waals surface area contributed by atoms with Crippen molar-refractivity contribution in [3.63, 3.8) is 0 Å². The lowest BCUT2D eigenvalue weighted by atomic mass is 10.1. The van der Waals surface area contributed by atoms with Gasteiger partial charge in [0.1, 0.15) is 5.82 Å². The molecule has 0 saturated carbocycles. The Morgan fingerprint density at radius 3 is 2.10 bits per heavy atom. The fourth-order valence-corrected chi connectivity index (χ4v) is 2.63. The van der Waals surface area contributed by atoms with Gasteiger partial charge in [0.15, 0.2) is 0 Å². The zero-order valence-corrected chi connectivity index (χ0v) is 15.9. The van der Waals surface area contributed by atoms with Gasteiger partial charge in [0.25, 0.3) is 5.91 Å². The smallest absolute Gasteiger partial charge is 0.376 e. The molecule has 2 aromatic rings. The van der Waals surface area contributed by atoms with Crippen LogP contribution in [-0.2, 0) is 11.0 Å². The van der Waals surface area contributed by atoms with Crippen molar-refractivity contribution in [2.24, 2.45) is 0 Å². The van der Waals surface area contributed by atoms with Crippen LogP contribution in [0, 0.1) is 5.82 Å². The Kier molecular flexibility index (Phi) is 7.19. The summed E-state index contributed by atoms with van der Waals surface area (Å²) in [6.45, 7) is 4.60. The summed E-state index contributed by atoms with van der Waals surface area (Å²) >= 11 is 0. The number of benzene rings is 2. The number of hydrogen-bond donors (Lipinski definition) is 2. The number of carbonyl (C=O) groups is 2. The van der Waals surface area contributed by atoms with Crippen LogP contribution in [0.15, 0.2) is 42.5 Å². The average Bonchev–Trinajstić information content (AvgIpc) is 2.68. The van der Waals surface area contributed by atoms with Crippen LogP contribution in [0.25, 0.3) is 0 Å². The lowest BCUT2D eigenvalue weighted by molar-refractivity contribution is -0.139. The van der Waals surface area contributed by atoms with Crippen LogP contribution in [-0.4, -0.2) is 36.3 Å². The minimum Gasteiger partial charge on any atom is -0.376 e. The predicted octanol–water partition coefficient (Wildman–Crippen LogP) is 4.38. The molecule has 2 amide bonds. The topological polar surface area (TPSA) is 61.4 Å². The van der Waals surface area contributed by atoms with E-state index >= 15 is 0 Å². The van der Waals surface area contributed by atoms with Crippen LogP contribution in [0.1, 0.15) is 29.8 Å². The summed E-state index contributed by atoms with van der Waals surface area (Å²) in [6, 6.07) is 8.71. The highest BCUT2D eigenvalue weighted by molar-refractivity contribution is 5.96. The monoisotopic (exact) mass is 411 g/mol. The molecule has 0 spiro atoms. The van der Waals surface area contributed by atoms with Crippen molar-refractivity contribution < 1.29 is 27.2 Å². The van der Waals surface area contributed by atoms with Crippen molar-refractivity contribution in [3.05, 3.63) is 59.4 Å². The molecule has 0 atom stereocenters. The molecule has 2 rings (SSSR count). The summed E-state index contributed by atoms with van der Waals surface area (Å²) in [5.41, 5.74) is -0.524. The molecule has 0 saturated heterocycles. The Morgan fingerprint density at radius 2 is 1.55 bits per heavy atom. The molecule has 5 nitrogen and oxygen atoms in total. The van der Waals surface area contributed by atoms with Crippen molar-refractivity contribution >= 4 is 23.2 Å². The summed E-state index contributed by atoms with van der Waals surface area (Å²) in [5, 5.41) is 5.09. The Morgan fingerprint density at radius 1 is 0.966 bits per heavy atom. The quantitative estimate of drug-likeness (QED) is 0.665. The Labute approximate surface area is 165 Å². The molecule has 0 bridgehead atoms. The molecule has 0 aliphatic carbocycles. The van der Waals surface area contributed by atoms with Gasteiger partial charge in [-0.15, -0.1) is 0 Å². The largest absolute Gasteiger partial charge is 0.419 e. The van der Waals surface area contributed by atoms with Gasteiger partial charge >= 0.3 is 6.18 Å². The maximum Gasteiger partial charge on any atom is 0.419 e. The summed E-state index contributed by atoms with van der Waals surface area (Å²) in [6.07, 6.45) is -4.83. The van der Waals surface area contributed by atoms with E-state index in [0.717, 1.165) is 6.07 Å². The summed E-state index contributed by atoms with van der Waals surface area (Å²) in [5.74, 6) is -2.01. The first-order chi connectivity index (χ1) is 13.7. The van der Waals surface area contributed by atoms with Crippen LogP contribution >= 0.6 is 0 Å². The highest BCUT2D eigenvalue weighted by Crippen LogP contribution is 2.32. The van der Waals surface area contributed by atoms with Gasteiger partial charge in [-0.1, -0.05) is 0 Å².